The van der Waals surface area contributed by atoms with Crippen molar-refractivity contribution in [2.45, 2.75) is 18.9 Å². The van der Waals surface area contributed by atoms with E-state index in [1.807, 2.05) is 18.2 Å². The van der Waals surface area contributed by atoms with Crippen molar-refractivity contribution in [2.75, 3.05) is 7.11 Å². The lowest BCUT2D eigenvalue weighted by Gasteiger charge is -2.13. The Morgan fingerprint density at radius 3 is 2.83 bits per heavy atom. The minimum atomic E-state index is 0.132. The van der Waals surface area contributed by atoms with Crippen LogP contribution in [0.3, 0.4) is 0 Å². The van der Waals surface area contributed by atoms with Gasteiger partial charge >= 0.3 is 0 Å². The van der Waals surface area contributed by atoms with Crippen LogP contribution >= 0.6 is 27.3 Å². The Kier molecular flexibility index (Phi) is 4.80. The monoisotopic (exact) mass is 325 g/mol. The number of halogens is 1. The minimum Gasteiger partial charge on any atom is -0.497 e. The number of rotatable bonds is 5. The van der Waals surface area contributed by atoms with Gasteiger partial charge in [0.25, 0.3) is 0 Å². The lowest BCUT2D eigenvalue weighted by atomic mass is 10.0. The summed E-state index contributed by atoms with van der Waals surface area (Å²) in [6.07, 6.45) is 1.76. The Bertz CT molecular complexity index is 499. The molecule has 0 spiro atoms. The summed E-state index contributed by atoms with van der Waals surface area (Å²) in [7, 11) is 1.68. The summed E-state index contributed by atoms with van der Waals surface area (Å²) in [5.41, 5.74) is 7.40. The predicted octanol–water partition coefficient (Wildman–Crippen LogP) is 3.63. The van der Waals surface area contributed by atoms with Crippen LogP contribution in [0.25, 0.3) is 0 Å². The van der Waals surface area contributed by atoms with Gasteiger partial charge in [-0.1, -0.05) is 22.0 Å². The lowest BCUT2D eigenvalue weighted by molar-refractivity contribution is 0.414. The van der Waals surface area contributed by atoms with E-state index in [0.717, 1.165) is 23.1 Å². The molecule has 96 valence electrons. The van der Waals surface area contributed by atoms with E-state index in [4.69, 9.17) is 10.5 Å². The summed E-state index contributed by atoms with van der Waals surface area (Å²) in [6.45, 7) is 0. The SMILES string of the molecule is COc1ccc(Br)c(CC(N)Cc2cccs2)c1. The highest BCUT2D eigenvalue weighted by Gasteiger charge is 2.09. The van der Waals surface area contributed by atoms with Crippen molar-refractivity contribution in [3.63, 3.8) is 0 Å². The summed E-state index contributed by atoms with van der Waals surface area (Å²) in [4.78, 5) is 1.33. The van der Waals surface area contributed by atoms with Crippen molar-refractivity contribution in [3.8, 4) is 5.75 Å². The molecule has 0 radical (unpaired) electrons. The lowest BCUT2D eigenvalue weighted by Crippen LogP contribution is -2.25. The average Bonchev–Trinajstić information content (AvgIpc) is 2.84. The molecule has 4 heteroatoms. The van der Waals surface area contributed by atoms with Gasteiger partial charge in [0.05, 0.1) is 7.11 Å². The van der Waals surface area contributed by atoms with Crippen molar-refractivity contribution in [1.82, 2.24) is 0 Å². The van der Waals surface area contributed by atoms with Crippen LogP contribution in [-0.2, 0) is 12.8 Å². The first-order valence-electron chi connectivity index (χ1n) is 5.79. The predicted molar refractivity (Wildman–Crippen MR) is 80.4 cm³/mol. The molecule has 2 aromatic rings. The first kappa shape index (κ1) is 13.6. The van der Waals surface area contributed by atoms with Gasteiger partial charge in [0, 0.05) is 15.4 Å². The Labute approximate surface area is 120 Å². The van der Waals surface area contributed by atoms with Crippen molar-refractivity contribution in [1.29, 1.82) is 0 Å². The molecule has 0 aliphatic heterocycles. The van der Waals surface area contributed by atoms with E-state index in [9.17, 15) is 0 Å². The van der Waals surface area contributed by atoms with E-state index in [-0.39, 0.29) is 6.04 Å². The zero-order chi connectivity index (χ0) is 13.0. The zero-order valence-corrected chi connectivity index (χ0v) is 12.6. The molecule has 0 saturated carbocycles. The third kappa shape index (κ3) is 3.57. The number of ether oxygens (including phenoxy) is 1. The van der Waals surface area contributed by atoms with Crippen LogP contribution < -0.4 is 10.5 Å². The molecule has 1 aromatic heterocycles. The molecule has 1 atom stereocenters. The second-order valence-corrected chi connectivity index (χ2v) is 6.09. The topological polar surface area (TPSA) is 35.2 Å². The van der Waals surface area contributed by atoms with E-state index < -0.39 is 0 Å². The molecule has 1 unspecified atom stereocenters. The van der Waals surface area contributed by atoms with Gasteiger partial charge in [-0.15, -0.1) is 11.3 Å². The second kappa shape index (κ2) is 6.36. The van der Waals surface area contributed by atoms with Crippen molar-refractivity contribution in [2.24, 2.45) is 5.73 Å². The van der Waals surface area contributed by atoms with Crippen LogP contribution in [0.15, 0.2) is 40.2 Å². The van der Waals surface area contributed by atoms with E-state index in [1.165, 1.54) is 10.4 Å². The Morgan fingerprint density at radius 1 is 1.33 bits per heavy atom. The Morgan fingerprint density at radius 2 is 2.17 bits per heavy atom. The second-order valence-electron chi connectivity index (χ2n) is 4.21. The smallest absolute Gasteiger partial charge is 0.119 e. The van der Waals surface area contributed by atoms with Crippen molar-refractivity contribution < 1.29 is 4.74 Å². The molecule has 2 N–H and O–H groups in total. The first-order chi connectivity index (χ1) is 8.69. The maximum absolute atomic E-state index is 6.20. The molecule has 2 nitrogen and oxygen atoms in total. The van der Waals surface area contributed by atoms with Crippen molar-refractivity contribution in [3.05, 3.63) is 50.6 Å². The summed E-state index contributed by atoms with van der Waals surface area (Å²) in [6, 6.07) is 10.3. The van der Waals surface area contributed by atoms with Crippen LogP contribution in [0, 0.1) is 0 Å². The van der Waals surface area contributed by atoms with Crippen molar-refractivity contribution >= 4 is 27.3 Å². The maximum Gasteiger partial charge on any atom is 0.119 e. The fourth-order valence-electron chi connectivity index (χ4n) is 1.88. The van der Waals surface area contributed by atoms with Crippen LogP contribution in [-0.4, -0.2) is 13.2 Å². The number of nitrogens with two attached hydrogens (primary N) is 1. The molecule has 2 rings (SSSR count). The Hall–Kier alpha value is -0.840. The van der Waals surface area contributed by atoms with Gasteiger partial charge in [0.1, 0.15) is 5.75 Å². The average molecular weight is 326 g/mol. The highest BCUT2D eigenvalue weighted by molar-refractivity contribution is 9.10. The van der Waals surface area contributed by atoms with Crippen LogP contribution in [0.4, 0.5) is 0 Å². The van der Waals surface area contributed by atoms with E-state index in [2.05, 4.69) is 33.4 Å². The molecule has 1 heterocycles. The largest absolute Gasteiger partial charge is 0.497 e. The summed E-state index contributed by atoms with van der Waals surface area (Å²) in [5.74, 6) is 0.872. The molecule has 0 fully saturated rings. The van der Waals surface area contributed by atoms with E-state index in [0.29, 0.717) is 0 Å². The summed E-state index contributed by atoms with van der Waals surface area (Å²) >= 11 is 5.31. The molecule has 1 aromatic carbocycles. The highest BCUT2D eigenvalue weighted by atomic mass is 79.9. The van der Waals surface area contributed by atoms with Crippen LogP contribution in [0.5, 0.6) is 5.75 Å². The molecular formula is C14H16BrNOS. The zero-order valence-electron chi connectivity index (χ0n) is 10.2. The molecule has 0 aliphatic carbocycles. The molecule has 0 aliphatic rings. The van der Waals surface area contributed by atoms with Crippen LogP contribution in [0.1, 0.15) is 10.4 Å². The van der Waals surface area contributed by atoms with E-state index >= 15 is 0 Å². The highest BCUT2D eigenvalue weighted by Crippen LogP contribution is 2.24. The molecule has 0 bridgehead atoms. The summed E-state index contributed by atoms with van der Waals surface area (Å²) in [5, 5.41) is 2.09. The molecule has 18 heavy (non-hydrogen) atoms. The van der Waals surface area contributed by atoms with Gasteiger partial charge < -0.3 is 10.5 Å². The van der Waals surface area contributed by atoms with Gasteiger partial charge in [-0.05, 0) is 48.1 Å². The number of benzene rings is 1. The molecule has 0 saturated heterocycles. The molecule has 0 amide bonds. The summed E-state index contributed by atoms with van der Waals surface area (Å²) < 4.78 is 6.33. The fraction of sp³-hybridized carbons (Fsp3) is 0.286. The van der Waals surface area contributed by atoms with Gasteiger partial charge in [-0.3, -0.25) is 0 Å². The number of hydrogen-bond acceptors (Lipinski definition) is 3. The number of thiophene rings is 1. The van der Waals surface area contributed by atoms with E-state index in [1.54, 1.807) is 18.4 Å². The third-order valence-electron chi connectivity index (χ3n) is 2.78. The minimum absolute atomic E-state index is 0.132. The van der Waals surface area contributed by atoms with Gasteiger partial charge in [-0.25, -0.2) is 0 Å². The normalized spacial score (nSPS) is 12.4. The van der Waals surface area contributed by atoms with Gasteiger partial charge in [0.2, 0.25) is 0 Å². The standard InChI is InChI=1S/C14H16BrNOS/c1-17-12-4-5-14(15)10(8-12)7-11(16)9-13-3-2-6-18-13/h2-6,8,11H,7,9,16H2,1H3. The Balaban J connectivity index is 2.04. The molecular weight excluding hydrogens is 310 g/mol. The first-order valence-corrected chi connectivity index (χ1v) is 7.46. The van der Waals surface area contributed by atoms with Gasteiger partial charge in [0.15, 0.2) is 0 Å². The van der Waals surface area contributed by atoms with Crippen LogP contribution in [0.2, 0.25) is 0 Å². The third-order valence-corrected chi connectivity index (χ3v) is 4.45. The van der Waals surface area contributed by atoms with Gasteiger partial charge in [-0.2, -0.15) is 0 Å². The number of methoxy groups -OCH3 is 1. The quantitative estimate of drug-likeness (QED) is 0.911. The fourth-order valence-corrected chi connectivity index (χ4v) is 3.08. The number of hydrogen-bond donors (Lipinski definition) is 1. The maximum atomic E-state index is 6.20.